The Morgan fingerprint density at radius 3 is 2.32 bits per heavy atom. The van der Waals surface area contributed by atoms with Crippen LogP contribution in [0, 0.1) is 0 Å². The van der Waals surface area contributed by atoms with Crippen molar-refractivity contribution in [2.45, 2.75) is 0 Å². The van der Waals surface area contributed by atoms with Crippen molar-refractivity contribution in [3.63, 3.8) is 0 Å². The Labute approximate surface area is 134 Å². The third-order valence-electron chi connectivity index (χ3n) is 3.88. The highest BCUT2D eigenvalue weighted by Gasteiger charge is 2.32. The molecule has 1 N–H and O–H groups in total. The maximum absolute atomic E-state index is 12.4. The van der Waals surface area contributed by atoms with Crippen LogP contribution in [0.25, 0.3) is 17.0 Å². The second kappa shape index (κ2) is 4.78. The molecule has 3 nitrogen and oxygen atoms in total. The quantitative estimate of drug-likeness (QED) is 0.522. The number of hydrogen-bond acceptors (Lipinski definition) is 2. The second-order valence-electron chi connectivity index (χ2n) is 5.20. The van der Waals surface area contributed by atoms with Gasteiger partial charge in [0.15, 0.2) is 11.6 Å². The van der Waals surface area contributed by atoms with Gasteiger partial charge in [-0.2, -0.15) is 0 Å². The van der Waals surface area contributed by atoms with E-state index in [1.54, 1.807) is 30.3 Å². The van der Waals surface area contributed by atoms with Crippen molar-refractivity contribution in [3.05, 3.63) is 75.4 Å². The Morgan fingerprint density at radius 1 is 0.955 bits per heavy atom. The van der Waals surface area contributed by atoms with Gasteiger partial charge in [0.1, 0.15) is 0 Å². The zero-order chi connectivity index (χ0) is 15.3. The Balaban J connectivity index is 1.88. The number of carbonyl (C=O) groups excluding carboxylic acids is 2. The highest BCUT2D eigenvalue weighted by Crippen LogP contribution is 2.30. The van der Waals surface area contributed by atoms with E-state index in [1.807, 2.05) is 24.4 Å². The largest absolute Gasteiger partial charge is 0.361 e. The average molecular weight is 352 g/mol. The lowest BCUT2D eigenvalue weighted by molar-refractivity contribution is 0.0990. The molecule has 0 bridgehead atoms. The summed E-state index contributed by atoms with van der Waals surface area (Å²) < 4.78 is 0.951. The molecule has 4 heteroatoms. The molecule has 1 heterocycles. The number of ketones is 2. The van der Waals surface area contributed by atoms with Gasteiger partial charge in [-0.1, -0.05) is 40.2 Å². The van der Waals surface area contributed by atoms with Crippen LogP contribution >= 0.6 is 15.9 Å². The normalized spacial score (nSPS) is 13.8. The molecular weight excluding hydrogens is 342 g/mol. The molecule has 0 saturated heterocycles. The van der Waals surface area contributed by atoms with Crippen LogP contribution in [0.1, 0.15) is 26.3 Å². The van der Waals surface area contributed by atoms with Gasteiger partial charge < -0.3 is 4.98 Å². The van der Waals surface area contributed by atoms with Gasteiger partial charge in [0.2, 0.25) is 0 Å². The van der Waals surface area contributed by atoms with E-state index in [0.717, 1.165) is 20.9 Å². The third kappa shape index (κ3) is 1.88. The highest BCUT2D eigenvalue weighted by molar-refractivity contribution is 9.10. The summed E-state index contributed by atoms with van der Waals surface area (Å²) in [7, 11) is 0. The average Bonchev–Trinajstić information content (AvgIpc) is 3.03. The number of fused-ring (bicyclic) bond motifs is 2. The van der Waals surface area contributed by atoms with Crippen molar-refractivity contribution in [1.29, 1.82) is 0 Å². The van der Waals surface area contributed by atoms with Gasteiger partial charge in [0.25, 0.3) is 0 Å². The minimum absolute atomic E-state index is 0.204. The molecule has 0 spiro atoms. The minimum atomic E-state index is -0.204. The molecule has 22 heavy (non-hydrogen) atoms. The van der Waals surface area contributed by atoms with Crippen molar-refractivity contribution < 1.29 is 9.59 Å². The first-order chi connectivity index (χ1) is 10.6. The standard InChI is InChI=1S/C18H10BrNO2/c19-11-5-6-16-14(8-11)10(9-20-16)7-15-17(21)12-3-1-2-4-13(12)18(15)22/h1-9,20H. The summed E-state index contributed by atoms with van der Waals surface area (Å²) in [5.74, 6) is -0.408. The first-order valence-corrected chi connectivity index (χ1v) is 7.61. The fourth-order valence-electron chi connectivity index (χ4n) is 2.79. The molecule has 0 radical (unpaired) electrons. The molecule has 0 aliphatic heterocycles. The lowest BCUT2D eigenvalue weighted by atomic mass is 10.1. The zero-order valence-electron chi connectivity index (χ0n) is 11.4. The van der Waals surface area contributed by atoms with Gasteiger partial charge in [-0.3, -0.25) is 9.59 Å². The summed E-state index contributed by atoms with van der Waals surface area (Å²) in [5.41, 5.74) is 2.99. The van der Waals surface area contributed by atoms with E-state index in [9.17, 15) is 9.59 Å². The van der Waals surface area contributed by atoms with Crippen molar-refractivity contribution in [1.82, 2.24) is 4.98 Å². The third-order valence-corrected chi connectivity index (χ3v) is 4.37. The topological polar surface area (TPSA) is 49.9 Å². The number of Topliss-reactive ketones (excluding diaryl/α,β-unsaturated/α-hetero) is 2. The van der Waals surface area contributed by atoms with E-state index in [-0.39, 0.29) is 17.1 Å². The fraction of sp³-hybridized carbons (Fsp3) is 0. The molecule has 4 rings (SSSR count). The monoisotopic (exact) mass is 351 g/mol. The Bertz CT molecular complexity index is 945. The summed E-state index contributed by atoms with van der Waals surface area (Å²) in [5, 5.41) is 0.971. The van der Waals surface area contributed by atoms with E-state index in [1.165, 1.54) is 0 Å². The molecular formula is C18H10BrNO2. The van der Waals surface area contributed by atoms with Crippen LogP contribution in [-0.4, -0.2) is 16.6 Å². The lowest BCUT2D eigenvalue weighted by Gasteiger charge is -1.96. The molecule has 0 amide bonds. The smallest absolute Gasteiger partial charge is 0.197 e. The number of carbonyl (C=O) groups is 2. The molecule has 1 aromatic heterocycles. The van der Waals surface area contributed by atoms with Crippen LogP contribution in [0.3, 0.4) is 0 Å². The van der Waals surface area contributed by atoms with Crippen LogP contribution in [0.5, 0.6) is 0 Å². The van der Waals surface area contributed by atoms with Crippen molar-refractivity contribution in [2.75, 3.05) is 0 Å². The van der Waals surface area contributed by atoms with Gasteiger partial charge >= 0.3 is 0 Å². The Kier molecular flexibility index (Phi) is 2.87. The zero-order valence-corrected chi connectivity index (χ0v) is 13.0. The fourth-order valence-corrected chi connectivity index (χ4v) is 3.15. The summed E-state index contributed by atoms with van der Waals surface area (Å²) in [6.07, 6.45) is 3.49. The maximum Gasteiger partial charge on any atom is 0.197 e. The van der Waals surface area contributed by atoms with Gasteiger partial charge in [-0.25, -0.2) is 0 Å². The number of aromatic nitrogens is 1. The first kappa shape index (κ1) is 13.2. The minimum Gasteiger partial charge on any atom is -0.361 e. The number of H-pyrrole nitrogens is 1. The molecule has 0 atom stereocenters. The predicted molar refractivity (Wildman–Crippen MR) is 89.1 cm³/mol. The molecule has 2 aromatic carbocycles. The van der Waals surface area contributed by atoms with E-state index in [2.05, 4.69) is 20.9 Å². The van der Waals surface area contributed by atoms with Crippen LogP contribution in [0.4, 0.5) is 0 Å². The van der Waals surface area contributed by atoms with Gasteiger partial charge in [0.05, 0.1) is 5.57 Å². The van der Waals surface area contributed by atoms with Crippen LogP contribution in [0.2, 0.25) is 0 Å². The molecule has 1 aliphatic rings. The van der Waals surface area contributed by atoms with Gasteiger partial charge in [-0.15, -0.1) is 0 Å². The second-order valence-corrected chi connectivity index (χ2v) is 6.11. The number of aromatic amines is 1. The molecule has 106 valence electrons. The predicted octanol–water partition coefficient (Wildman–Crippen LogP) is 4.39. The van der Waals surface area contributed by atoms with Gasteiger partial charge in [0, 0.05) is 38.3 Å². The summed E-state index contributed by atoms with van der Waals surface area (Å²) >= 11 is 3.44. The summed E-state index contributed by atoms with van der Waals surface area (Å²) in [6.45, 7) is 0. The molecule has 0 saturated carbocycles. The van der Waals surface area contributed by atoms with Crippen LogP contribution in [-0.2, 0) is 0 Å². The molecule has 3 aromatic rings. The number of nitrogens with one attached hydrogen (secondary N) is 1. The molecule has 0 fully saturated rings. The van der Waals surface area contributed by atoms with E-state index < -0.39 is 0 Å². The maximum atomic E-state index is 12.4. The molecule has 1 aliphatic carbocycles. The first-order valence-electron chi connectivity index (χ1n) is 6.82. The van der Waals surface area contributed by atoms with Crippen molar-refractivity contribution >= 4 is 44.5 Å². The Hall–Kier alpha value is -2.46. The molecule has 0 unspecified atom stereocenters. The lowest BCUT2D eigenvalue weighted by Crippen LogP contribution is -1.99. The number of halogens is 1. The van der Waals surface area contributed by atoms with E-state index >= 15 is 0 Å². The summed E-state index contributed by atoms with van der Waals surface area (Å²) in [4.78, 5) is 28.0. The van der Waals surface area contributed by atoms with Crippen LogP contribution in [0.15, 0.2) is 58.7 Å². The number of rotatable bonds is 1. The van der Waals surface area contributed by atoms with E-state index in [4.69, 9.17) is 0 Å². The summed E-state index contributed by atoms with van der Waals surface area (Å²) in [6, 6.07) is 12.8. The highest BCUT2D eigenvalue weighted by atomic mass is 79.9. The van der Waals surface area contributed by atoms with Gasteiger partial charge in [-0.05, 0) is 24.3 Å². The van der Waals surface area contributed by atoms with Crippen molar-refractivity contribution in [3.8, 4) is 0 Å². The SMILES string of the molecule is O=C1C(=Cc2c[nH]c3ccc(Br)cc23)C(=O)c2ccccc21. The number of allylic oxidation sites excluding steroid dienone is 1. The van der Waals surface area contributed by atoms with E-state index in [0.29, 0.717) is 11.1 Å². The number of benzene rings is 2. The Morgan fingerprint density at radius 2 is 1.64 bits per heavy atom. The number of hydrogen-bond donors (Lipinski definition) is 1. The van der Waals surface area contributed by atoms with Crippen LogP contribution < -0.4 is 0 Å². The van der Waals surface area contributed by atoms with Crippen molar-refractivity contribution in [2.24, 2.45) is 0 Å².